The minimum Gasteiger partial charge on any atom is -0.481 e. The molecule has 7 nitrogen and oxygen atoms in total. The van der Waals surface area contributed by atoms with Gasteiger partial charge < -0.3 is 20.3 Å². The van der Waals surface area contributed by atoms with Crippen molar-refractivity contribution >= 4 is 17.8 Å². The number of ether oxygens (including phenoxy) is 1. The highest BCUT2D eigenvalue weighted by atomic mass is 16.6. The molecule has 1 aliphatic heterocycles. The van der Waals surface area contributed by atoms with E-state index in [0.29, 0.717) is 6.42 Å². The molecule has 0 saturated carbocycles. The first-order valence-corrected chi connectivity index (χ1v) is 9.41. The predicted octanol–water partition coefficient (Wildman–Crippen LogP) is 2.34. The Balaban J connectivity index is 1.68. The topological polar surface area (TPSA) is 116 Å². The molecule has 7 heteroatoms. The normalized spacial score (nSPS) is 19.8. The molecule has 1 heterocycles. The first-order chi connectivity index (χ1) is 13.8. The van der Waals surface area contributed by atoms with Crippen LogP contribution in [0.5, 0.6) is 0 Å². The van der Waals surface area contributed by atoms with Crippen LogP contribution < -0.4 is 5.32 Å². The number of epoxide rings is 1. The van der Waals surface area contributed by atoms with Crippen molar-refractivity contribution in [2.24, 2.45) is 5.92 Å². The largest absolute Gasteiger partial charge is 0.481 e. The molecule has 1 aliphatic rings. The van der Waals surface area contributed by atoms with Gasteiger partial charge in [0.1, 0.15) is 0 Å². The lowest BCUT2D eigenvalue weighted by Crippen LogP contribution is -2.41. The van der Waals surface area contributed by atoms with E-state index < -0.39 is 42.0 Å². The van der Waals surface area contributed by atoms with Gasteiger partial charge in [0, 0.05) is 6.04 Å². The van der Waals surface area contributed by atoms with Gasteiger partial charge in [-0.1, -0.05) is 61.5 Å². The number of hydrogen-bond donors (Lipinski definition) is 3. The summed E-state index contributed by atoms with van der Waals surface area (Å²) >= 11 is 0. The maximum absolute atomic E-state index is 12.3. The number of carboxylic acid groups (broad SMARTS) is 2. The maximum Gasteiger partial charge on any atom is 0.336 e. The number of amides is 1. The molecule has 2 aromatic carbocycles. The Morgan fingerprint density at radius 1 is 0.966 bits per heavy atom. The van der Waals surface area contributed by atoms with Crippen molar-refractivity contribution in [1.82, 2.24) is 5.32 Å². The number of hydrogen-bond acceptors (Lipinski definition) is 4. The molecular weight excluding hydrogens is 374 g/mol. The molecule has 0 aliphatic carbocycles. The highest BCUT2D eigenvalue weighted by Crippen LogP contribution is 2.24. The lowest BCUT2D eigenvalue weighted by molar-refractivity contribution is -0.142. The average molecular weight is 397 g/mol. The summed E-state index contributed by atoms with van der Waals surface area (Å²) in [6.07, 6.45) is -1.48. The summed E-state index contributed by atoms with van der Waals surface area (Å²) in [5.41, 5.74) is 3.09. The van der Waals surface area contributed by atoms with Gasteiger partial charge in [0.2, 0.25) is 0 Å². The Kier molecular flexibility index (Phi) is 6.29. The van der Waals surface area contributed by atoms with Gasteiger partial charge in [-0.2, -0.15) is 0 Å². The van der Waals surface area contributed by atoms with Crippen molar-refractivity contribution in [3.8, 4) is 11.1 Å². The van der Waals surface area contributed by atoms with Gasteiger partial charge in [-0.05, 0) is 29.5 Å². The predicted molar refractivity (Wildman–Crippen MR) is 105 cm³/mol. The van der Waals surface area contributed by atoms with Crippen molar-refractivity contribution in [3.63, 3.8) is 0 Å². The van der Waals surface area contributed by atoms with Crippen LogP contribution in [-0.4, -0.2) is 46.3 Å². The fourth-order valence-electron chi connectivity index (χ4n) is 3.25. The van der Waals surface area contributed by atoms with Crippen molar-refractivity contribution in [1.29, 1.82) is 0 Å². The zero-order chi connectivity index (χ0) is 21.0. The second-order valence-corrected chi connectivity index (χ2v) is 7.26. The van der Waals surface area contributed by atoms with Gasteiger partial charge in [0.05, 0.1) is 5.92 Å². The third-order valence-electron chi connectivity index (χ3n) is 4.94. The number of benzene rings is 2. The van der Waals surface area contributed by atoms with Crippen LogP contribution in [-0.2, 0) is 25.5 Å². The summed E-state index contributed by atoms with van der Waals surface area (Å²) in [5, 5.41) is 20.9. The number of rotatable bonds is 9. The summed E-state index contributed by atoms with van der Waals surface area (Å²) in [4.78, 5) is 34.4. The molecule has 152 valence electrons. The number of nitrogens with one attached hydrogen (secondary N) is 1. The van der Waals surface area contributed by atoms with E-state index in [9.17, 15) is 19.5 Å². The molecule has 4 atom stereocenters. The molecular formula is C22H23NO6. The Morgan fingerprint density at radius 2 is 1.59 bits per heavy atom. The van der Waals surface area contributed by atoms with Gasteiger partial charge in [0.15, 0.2) is 12.2 Å². The first-order valence-electron chi connectivity index (χ1n) is 9.41. The maximum atomic E-state index is 12.3. The van der Waals surface area contributed by atoms with E-state index in [4.69, 9.17) is 9.84 Å². The molecule has 0 radical (unpaired) electrons. The van der Waals surface area contributed by atoms with Crippen molar-refractivity contribution in [3.05, 3.63) is 60.2 Å². The monoisotopic (exact) mass is 397 g/mol. The van der Waals surface area contributed by atoms with E-state index in [-0.39, 0.29) is 6.42 Å². The quantitative estimate of drug-likeness (QED) is 0.559. The van der Waals surface area contributed by atoms with Crippen LogP contribution >= 0.6 is 0 Å². The van der Waals surface area contributed by atoms with Crippen LogP contribution in [0.2, 0.25) is 0 Å². The summed E-state index contributed by atoms with van der Waals surface area (Å²) in [6, 6.07) is 17.3. The van der Waals surface area contributed by atoms with Crippen LogP contribution in [0.1, 0.15) is 18.9 Å². The zero-order valence-corrected chi connectivity index (χ0v) is 15.9. The van der Waals surface area contributed by atoms with Crippen LogP contribution in [0.3, 0.4) is 0 Å². The van der Waals surface area contributed by atoms with Gasteiger partial charge in [-0.3, -0.25) is 9.59 Å². The second-order valence-electron chi connectivity index (χ2n) is 7.26. The van der Waals surface area contributed by atoms with Crippen molar-refractivity contribution < 1.29 is 29.3 Å². The number of carbonyl (C=O) groups excluding carboxylic acids is 1. The molecule has 1 amide bonds. The molecule has 2 aromatic rings. The fraction of sp³-hybridized carbons (Fsp3) is 0.318. The summed E-state index contributed by atoms with van der Waals surface area (Å²) < 4.78 is 4.88. The molecule has 1 fully saturated rings. The highest BCUT2D eigenvalue weighted by molar-refractivity contribution is 5.92. The van der Waals surface area contributed by atoms with Crippen LogP contribution in [0, 0.1) is 5.92 Å². The highest BCUT2D eigenvalue weighted by Gasteiger charge is 2.51. The van der Waals surface area contributed by atoms with E-state index >= 15 is 0 Å². The van der Waals surface area contributed by atoms with Gasteiger partial charge >= 0.3 is 11.9 Å². The standard InChI is InChI=1S/C22H23NO6/c1-13(21(25)26)11-17(23-20(24)18-19(29-18)22(27)28)12-14-7-9-16(10-8-14)15-5-3-2-4-6-15/h2-10,13,17-19H,11-12H2,1H3,(H,23,24)(H,25,26)(H,27,28)/t13?,17?,18-,19+/m1/s1. The zero-order valence-electron chi connectivity index (χ0n) is 15.9. The van der Waals surface area contributed by atoms with Gasteiger partial charge in [-0.15, -0.1) is 0 Å². The first kappa shape index (κ1) is 20.5. The lowest BCUT2D eigenvalue weighted by atomic mass is 9.94. The third kappa shape index (κ3) is 5.42. The summed E-state index contributed by atoms with van der Waals surface area (Å²) in [6.45, 7) is 1.58. The van der Waals surface area contributed by atoms with E-state index in [0.717, 1.165) is 16.7 Å². The number of carboxylic acids is 2. The molecule has 0 spiro atoms. The molecule has 0 aromatic heterocycles. The van der Waals surface area contributed by atoms with Crippen molar-refractivity contribution in [2.45, 2.75) is 38.0 Å². The van der Waals surface area contributed by atoms with E-state index in [1.807, 2.05) is 54.6 Å². The molecule has 2 unspecified atom stereocenters. The van der Waals surface area contributed by atoms with E-state index in [1.54, 1.807) is 6.92 Å². The number of carbonyl (C=O) groups is 3. The van der Waals surface area contributed by atoms with Crippen molar-refractivity contribution in [2.75, 3.05) is 0 Å². The average Bonchev–Trinajstić information content (AvgIpc) is 3.50. The Hall–Kier alpha value is -3.19. The summed E-state index contributed by atoms with van der Waals surface area (Å²) in [5.74, 6) is -3.31. The summed E-state index contributed by atoms with van der Waals surface area (Å²) in [7, 11) is 0. The smallest absolute Gasteiger partial charge is 0.336 e. The van der Waals surface area contributed by atoms with Crippen LogP contribution in [0.15, 0.2) is 54.6 Å². The molecule has 29 heavy (non-hydrogen) atoms. The van der Waals surface area contributed by atoms with Gasteiger partial charge in [0.25, 0.3) is 5.91 Å². The molecule has 3 N–H and O–H groups in total. The minimum absolute atomic E-state index is 0.228. The van der Waals surface area contributed by atoms with Gasteiger partial charge in [-0.25, -0.2) is 4.79 Å². The molecule has 3 rings (SSSR count). The Bertz CT molecular complexity index is 880. The third-order valence-corrected chi connectivity index (χ3v) is 4.94. The minimum atomic E-state index is -1.18. The van der Waals surface area contributed by atoms with Crippen LogP contribution in [0.25, 0.3) is 11.1 Å². The Labute approximate surface area is 168 Å². The Morgan fingerprint density at radius 3 is 2.14 bits per heavy atom. The van der Waals surface area contributed by atoms with E-state index in [1.165, 1.54) is 0 Å². The molecule has 0 bridgehead atoms. The SMILES string of the molecule is CC(CC(Cc1ccc(-c2ccccc2)cc1)NC(=O)[C@@H]1O[C@@H]1C(=O)O)C(=O)O. The fourth-order valence-corrected chi connectivity index (χ4v) is 3.25. The van der Waals surface area contributed by atoms with E-state index in [2.05, 4.69) is 5.32 Å². The van der Waals surface area contributed by atoms with Crippen LogP contribution in [0.4, 0.5) is 0 Å². The second kappa shape index (κ2) is 8.87. The molecule has 1 saturated heterocycles. The lowest BCUT2D eigenvalue weighted by Gasteiger charge is -2.20. The number of aliphatic carboxylic acids is 2.